The maximum absolute atomic E-state index is 11.5. The van der Waals surface area contributed by atoms with E-state index in [-0.39, 0.29) is 11.3 Å². The molecular weight excluding hydrogens is 302 g/mol. The minimum atomic E-state index is -0.712. The molecule has 0 saturated carbocycles. The van der Waals surface area contributed by atoms with Crippen LogP contribution in [0.15, 0.2) is 52.3 Å². The van der Waals surface area contributed by atoms with Crippen LogP contribution in [0.1, 0.15) is 22.8 Å². The van der Waals surface area contributed by atoms with Crippen LogP contribution in [-0.2, 0) is 11.2 Å². The van der Waals surface area contributed by atoms with E-state index >= 15 is 0 Å². The number of nitrogens with zero attached hydrogens (tertiary/aromatic N) is 1. The van der Waals surface area contributed by atoms with Crippen molar-refractivity contribution in [1.82, 2.24) is 0 Å². The third-order valence-electron chi connectivity index (χ3n) is 3.14. The number of methoxy groups -OCH3 is 1. The zero-order valence-electron chi connectivity index (χ0n) is 12.2. The highest BCUT2D eigenvalue weighted by atomic mass is 32.2. The maximum Gasteiger partial charge on any atom is 0.344 e. The first-order valence-electron chi connectivity index (χ1n) is 6.68. The molecule has 5 nitrogen and oxygen atoms in total. The second kappa shape index (κ2) is 7.09. The number of carbonyl (C=O) groups is 1. The van der Waals surface area contributed by atoms with E-state index in [9.17, 15) is 14.9 Å². The summed E-state index contributed by atoms with van der Waals surface area (Å²) in [6.45, 7) is 2.08. The summed E-state index contributed by atoms with van der Waals surface area (Å²) in [5.41, 5.74) is 0.941. The number of hydrogen-bond acceptors (Lipinski definition) is 5. The summed E-state index contributed by atoms with van der Waals surface area (Å²) >= 11 is 1.41. The number of nitro benzene ring substituents is 1. The summed E-state index contributed by atoms with van der Waals surface area (Å²) in [6.07, 6.45) is 0.963. The fraction of sp³-hybridized carbons (Fsp3) is 0.188. The molecule has 0 aliphatic carbocycles. The van der Waals surface area contributed by atoms with Crippen LogP contribution in [-0.4, -0.2) is 18.0 Å². The first kappa shape index (κ1) is 16.0. The number of hydrogen-bond donors (Lipinski definition) is 0. The lowest BCUT2D eigenvalue weighted by atomic mass is 10.2. The third-order valence-corrected chi connectivity index (χ3v) is 4.14. The highest BCUT2D eigenvalue weighted by Crippen LogP contribution is 2.32. The first-order chi connectivity index (χ1) is 10.5. The molecule has 0 N–H and O–H groups in total. The second-order valence-corrected chi connectivity index (χ2v) is 5.67. The van der Waals surface area contributed by atoms with Gasteiger partial charge in [0.1, 0.15) is 5.56 Å². The molecule has 0 aromatic heterocycles. The Bertz CT molecular complexity index is 698. The van der Waals surface area contributed by atoms with E-state index in [1.54, 1.807) is 6.07 Å². The molecular formula is C16H15NO4S. The lowest BCUT2D eigenvalue weighted by Gasteiger charge is -2.05. The van der Waals surface area contributed by atoms with Crippen LogP contribution in [0.3, 0.4) is 0 Å². The molecule has 0 unspecified atom stereocenters. The fourth-order valence-electron chi connectivity index (χ4n) is 1.94. The van der Waals surface area contributed by atoms with Crippen molar-refractivity contribution in [3.8, 4) is 0 Å². The van der Waals surface area contributed by atoms with Crippen LogP contribution in [0.25, 0.3) is 0 Å². The first-order valence-corrected chi connectivity index (χ1v) is 7.50. The van der Waals surface area contributed by atoms with Gasteiger partial charge in [0.2, 0.25) is 0 Å². The van der Waals surface area contributed by atoms with Gasteiger partial charge in [-0.15, -0.1) is 0 Å². The minimum Gasteiger partial charge on any atom is -0.465 e. The van der Waals surface area contributed by atoms with E-state index in [2.05, 4.69) is 11.7 Å². The van der Waals surface area contributed by atoms with Crippen molar-refractivity contribution in [2.75, 3.05) is 7.11 Å². The zero-order valence-corrected chi connectivity index (χ0v) is 13.1. The van der Waals surface area contributed by atoms with Crippen LogP contribution in [0.2, 0.25) is 0 Å². The second-order valence-electron chi connectivity index (χ2n) is 4.53. The van der Waals surface area contributed by atoms with E-state index in [0.29, 0.717) is 4.90 Å². The summed E-state index contributed by atoms with van der Waals surface area (Å²) in [5.74, 6) is -0.712. The van der Waals surface area contributed by atoms with Gasteiger partial charge in [-0.2, -0.15) is 0 Å². The van der Waals surface area contributed by atoms with Crippen LogP contribution in [0.4, 0.5) is 5.69 Å². The smallest absolute Gasteiger partial charge is 0.344 e. The molecule has 2 rings (SSSR count). The number of esters is 1. The summed E-state index contributed by atoms with van der Waals surface area (Å²) in [5, 5.41) is 11.1. The van der Waals surface area contributed by atoms with Crippen molar-refractivity contribution in [3.63, 3.8) is 0 Å². The van der Waals surface area contributed by atoms with Gasteiger partial charge in [0.25, 0.3) is 5.69 Å². The summed E-state index contributed by atoms with van der Waals surface area (Å²) in [7, 11) is 1.20. The van der Waals surface area contributed by atoms with Crippen LogP contribution < -0.4 is 0 Å². The molecule has 114 valence electrons. The molecule has 0 atom stereocenters. The van der Waals surface area contributed by atoms with Gasteiger partial charge in [-0.3, -0.25) is 10.1 Å². The van der Waals surface area contributed by atoms with E-state index in [4.69, 9.17) is 0 Å². The van der Waals surface area contributed by atoms with Gasteiger partial charge >= 0.3 is 5.97 Å². The van der Waals surface area contributed by atoms with Gasteiger partial charge in [-0.25, -0.2) is 4.79 Å². The monoisotopic (exact) mass is 317 g/mol. The van der Waals surface area contributed by atoms with Gasteiger partial charge < -0.3 is 4.74 Å². The number of rotatable bonds is 5. The lowest BCUT2D eigenvalue weighted by molar-refractivity contribution is -0.385. The predicted octanol–water partition coefficient (Wildman–Crippen LogP) is 4.10. The van der Waals surface area contributed by atoms with Crippen molar-refractivity contribution in [3.05, 3.63) is 63.7 Å². The van der Waals surface area contributed by atoms with Gasteiger partial charge in [0, 0.05) is 15.9 Å². The molecule has 0 aliphatic rings. The Kier molecular flexibility index (Phi) is 5.16. The van der Waals surface area contributed by atoms with Gasteiger partial charge in [-0.1, -0.05) is 30.8 Å². The Labute approximate surface area is 132 Å². The van der Waals surface area contributed by atoms with E-state index in [1.165, 1.54) is 36.6 Å². The Hall–Kier alpha value is -2.34. The number of aryl methyl sites for hydroxylation is 1. The Balaban J connectivity index is 2.29. The molecule has 0 heterocycles. The number of carbonyl (C=O) groups excluding carboxylic acids is 1. The van der Waals surface area contributed by atoms with Gasteiger partial charge in [-0.05, 0) is 36.2 Å². The molecule has 0 saturated heterocycles. The Morgan fingerprint density at radius 2 is 1.82 bits per heavy atom. The molecule has 6 heteroatoms. The summed E-state index contributed by atoms with van der Waals surface area (Å²) in [4.78, 5) is 23.8. The molecule has 0 fully saturated rings. The average molecular weight is 317 g/mol. The summed E-state index contributed by atoms with van der Waals surface area (Å²) < 4.78 is 4.56. The third kappa shape index (κ3) is 3.65. The van der Waals surface area contributed by atoms with Crippen molar-refractivity contribution in [1.29, 1.82) is 0 Å². The Morgan fingerprint density at radius 1 is 1.18 bits per heavy atom. The highest BCUT2D eigenvalue weighted by Gasteiger charge is 2.21. The van der Waals surface area contributed by atoms with Crippen molar-refractivity contribution in [2.24, 2.45) is 0 Å². The van der Waals surface area contributed by atoms with Crippen molar-refractivity contribution >= 4 is 23.4 Å². The number of benzene rings is 2. The number of nitro groups is 1. The maximum atomic E-state index is 11.5. The quantitative estimate of drug-likeness (QED) is 0.472. The Morgan fingerprint density at radius 3 is 2.36 bits per heavy atom. The predicted molar refractivity (Wildman–Crippen MR) is 84.4 cm³/mol. The molecule has 0 amide bonds. The molecule has 22 heavy (non-hydrogen) atoms. The zero-order chi connectivity index (χ0) is 16.1. The molecule has 0 aliphatic heterocycles. The van der Waals surface area contributed by atoms with Crippen molar-refractivity contribution < 1.29 is 14.5 Å². The van der Waals surface area contributed by atoms with E-state index in [1.807, 2.05) is 24.3 Å². The lowest BCUT2D eigenvalue weighted by Crippen LogP contribution is -2.05. The molecule has 0 radical (unpaired) electrons. The van der Waals surface area contributed by atoms with Gasteiger partial charge in [0.15, 0.2) is 0 Å². The minimum absolute atomic E-state index is 0.0434. The standard InChI is InChI=1S/C16H15NO4S/c1-3-11-4-6-12(7-5-11)22-13-8-9-14(16(18)21-2)15(10-13)17(19)20/h4-10H,3H2,1-2H3. The summed E-state index contributed by atoms with van der Waals surface area (Å²) in [6, 6.07) is 12.5. The largest absolute Gasteiger partial charge is 0.465 e. The van der Waals surface area contributed by atoms with Gasteiger partial charge in [0.05, 0.1) is 12.0 Å². The topological polar surface area (TPSA) is 69.4 Å². The van der Waals surface area contributed by atoms with Crippen molar-refractivity contribution in [2.45, 2.75) is 23.1 Å². The normalized spacial score (nSPS) is 10.3. The van der Waals surface area contributed by atoms with E-state index < -0.39 is 10.9 Å². The molecule has 2 aromatic rings. The fourth-order valence-corrected chi connectivity index (χ4v) is 2.79. The highest BCUT2D eigenvalue weighted by molar-refractivity contribution is 7.99. The molecule has 0 bridgehead atoms. The SMILES string of the molecule is CCc1ccc(Sc2ccc(C(=O)OC)c([N+](=O)[O-])c2)cc1. The van der Waals surface area contributed by atoms with E-state index in [0.717, 1.165) is 11.3 Å². The van der Waals surface area contributed by atoms with Crippen LogP contribution in [0, 0.1) is 10.1 Å². The van der Waals surface area contributed by atoms with Crippen LogP contribution in [0.5, 0.6) is 0 Å². The molecule has 0 spiro atoms. The number of ether oxygens (including phenoxy) is 1. The van der Waals surface area contributed by atoms with Crippen LogP contribution >= 0.6 is 11.8 Å². The molecule has 2 aromatic carbocycles. The average Bonchev–Trinajstić information content (AvgIpc) is 2.54.